The fourth-order valence-electron chi connectivity index (χ4n) is 1.74. The van der Waals surface area contributed by atoms with Gasteiger partial charge in [0.15, 0.2) is 0 Å². The van der Waals surface area contributed by atoms with Crippen LogP contribution >= 0.6 is 46.4 Å². The van der Waals surface area contributed by atoms with Crippen molar-refractivity contribution in [2.75, 3.05) is 10.6 Å². The van der Waals surface area contributed by atoms with E-state index in [9.17, 15) is 18.0 Å². The highest BCUT2D eigenvalue weighted by atomic mass is 35.5. The van der Waals surface area contributed by atoms with Crippen LogP contribution in [0.3, 0.4) is 0 Å². The Hall–Kier alpha value is -1.34. The molecule has 2 rings (SSSR count). The average Bonchev–Trinajstić information content (AvgIpc) is 2.45. The summed E-state index contributed by atoms with van der Waals surface area (Å²) in [5, 5.41) is 4.52. The van der Waals surface area contributed by atoms with Crippen LogP contribution in [0.5, 0.6) is 0 Å². The largest absolute Gasteiger partial charge is 0.417 e. The summed E-state index contributed by atoms with van der Waals surface area (Å²) in [5.41, 5.74) is -0.924. The zero-order valence-corrected chi connectivity index (χ0v) is 14.5. The average molecular weight is 418 g/mol. The topological polar surface area (TPSA) is 41.1 Å². The van der Waals surface area contributed by atoms with Gasteiger partial charge in [-0.15, -0.1) is 0 Å². The van der Waals surface area contributed by atoms with Crippen molar-refractivity contribution in [1.29, 1.82) is 0 Å². The van der Waals surface area contributed by atoms with Gasteiger partial charge in [0.05, 0.1) is 25.7 Å². The molecular formula is C14H7Cl4F3N2O. The second-order valence-corrected chi connectivity index (χ2v) is 6.12. The SMILES string of the molecule is O=C(Nc1cc(Cl)c(Cl)c(Cl)c1)Nc1ccc(Cl)c(C(F)(F)F)c1. The first kappa shape index (κ1) is 19.0. The van der Waals surface area contributed by atoms with E-state index in [4.69, 9.17) is 46.4 Å². The normalized spacial score (nSPS) is 11.3. The molecule has 0 saturated carbocycles. The summed E-state index contributed by atoms with van der Waals surface area (Å²) < 4.78 is 38.4. The van der Waals surface area contributed by atoms with Gasteiger partial charge in [-0.1, -0.05) is 46.4 Å². The molecule has 2 amide bonds. The van der Waals surface area contributed by atoms with E-state index in [0.717, 1.165) is 12.1 Å². The van der Waals surface area contributed by atoms with E-state index in [1.54, 1.807) is 0 Å². The van der Waals surface area contributed by atoms with E-state index < -0.39 is 22.8 Å². The number of halogens is 7. The van der Waals surface area contributed by atoms with Gasteiger partial charge in [-0.25, -0.2) is 4.79 Å². The van der Waals surface area contributed by atoms with Crippen LogP contribution in [-0.4, -0.2) is 6.03 Å². The Morgan fingerprint density at radius 2 is 1.38 bits per heavy atom. The number of amides is 2. The highest BCUT2D eigenvalue weighted by Gasteiger charge is 2.33. The molecule has 2 aromatic carbocycles. The minimum absolute atomic E-state index is 0.0876. The van der Waals surface area contributed by atoms with Crippen molar-refractivity contribution in [3.63, 3.8) is 0 Å². The number of benzene rings is 2. The molecule has 0 saturated heterocycles. The molecule has 2 aromatic rings. The molecule has 0 atom stereocenters. The molecule has 0 bridgehead atoms. The maximum absolute atomic E-state index is 12.8. The molecular weight excluding hydrogens is 411 g/mol. The Balaban J connectivity index is 2.16. The summed E-state index contributed by atoms with van der Waals surface area (Å²) in [6, 6.07) is 4.90. The standard InChI is InChI=1S/C14H7Cl4F3N2O/c15-9-2-1-6(3-8(9)14(19,20)21)22-13(24)23-7-4-10(16)12(18)11(17)5-7/h1-5H,(H2,22,23,24). The number of alkyl halides is 3. The Bertz CT molecular complexity index is 773. The Labute approximate surface area is 154 Å². The Morgan fingerprint density at radius 3 is 1.92 bits per heavy atom. The van der Waals surface area contributed by atoms with Gasteiger partial charge in [-0.2, -0.15) is 13.2 Å². The van der Waals surface area contributed by atoms with Crippen LogP contribution in [0.1, 0.15) is 5.56 Å². The molecule has 0 aliphatic carbocycles. The van der Waals surface area contributed by atoms with Crippen LogP contribution in [0.25, 0.3) is 0 Å². The number of carbonyl (C=O) groups excluding carboxylic acids is 1. The van der Waals surface area contributed by atoms with E-state index in [1.165, 1.54) is 18.2 Å². The highest BCUT2D eigenvalue weighted by Crippen LogP contribution is 2.36. The zero-order valence-electron chi connectivity index (χ0n) is 11.4. The second-order valence-electron chi connectivity index (χ2n) is 4.53. The predicted octanol–water partition coefficient (Wildman–Crippen LogP) is 6.96. The number of nitrogens with one attached hydrogen (secondary N) is 2. The first-order valence-electron chi connectivity index (χ1n) is 6.17. The number of urea groups is 1. The van der Waals surface area contributed by atoms with Crippen molar-refractivity contribution in [3.8, 4) is 0 Å². The maximum atomic E-state index is 12.8. The molecule has 0 fully saturated rings. The minimum Gasteiger partial charge on any atom is -0.308 e. The van der Waals surface area contributed by atoms with Crippen molar-refractivity contribution in [2.24, 2.45) is 0 Å². The van der Waals surface area contributed by atoms with Crippen molar-refractivity contribution in [2.45, 2.75) is 6.18 Å². The fourth-order valence-corrected chi connectivity index (χ4v) is 2.56. The van der Waals surface area contributed by atoms with Gasteiger partial charge < -0.3 is 10.6 Å². The first-order chi connectivity index (χ1) is 11.1. The molecule has 0 aliphatic heterocycles. The molecule has 10 heteroatoms. The molecule has 0 spiro atoms. The molecule has 2 N–H and O–H groups in total. The number of anilines is 2. The summed E-state index contributed by atoms with van der Waals surface area (Å²) >= 11 is 22.9. The van der Waals surface area contributed by atoms with Crippen molar-refractivity contribution in [1.82, 2.24) is 0 Å². The number of hydrogen-bond acceptors (Lipinski definition) is 1. The first-order valence-corrected chi connectivity index (χ1v) is 7.68. The Kier molecular flexibility index (Phi) is 5.75. The lowest BCUT2D eigenvalue weighted by atomic mass is 10.2. The van der Waals surface area contributed by atoms with Crippen LogP contribution in [-0.2, 0) is 6.18 Å². The van der Waals surface area contributed by atoms with Gasteiger partial charge in [0.2, 0.25) is 0 Å². The van der Waals surface area contributed by atoms with E-state index in [-0.39, 0.29) is 26.4 Å². The quantitative estimate of drug-likeness (QED) is 0.509. The molecule has 0 aromatic heterocycles. The summed E-state index contributed by atoms with van der Waals surface area (Å²) in [6.07, 6.45) is -4.64. The fraction of sp³-hybridized carbons (Fsp3) is 0.0714. The van der Waals surface area contributed by atoms with Gasteiger partial charge in [0.25, 0.3) is 0 Å². The van der Waals surface area contributed by atoms with Crippen molar-refractivity contribution >= 4 is 63.8 Å². The number of hydrogen-bond donors (Lipinski definition) is 2. The molecule has 0 radical (unpaired) electrons. The summed E-state index contributed by atoms with van der Waals surface area (Å²) in [7, 11) is 0. The highest BCUT2D eigenvalue weighted by molar-refractivity contribution is 6.48. The Morgan fingerprint density at radius 1 is 0.833 bits per heavy atom. The third kappa shape index (κ3) is 4.60. The molecule has 0 heterocycles. The molecule has 128 valence electrons. The number of rotatable bonds is 2. The van der Waals surface area contributed by atoms with Gasteiger partial charge >= 0.3 is 12.2 Å². The maximum Gasteiger partial charge on any atom is 0.417 e. The molecule has 0 aliphatic rings. The summed E-state index contributed by atoms with van der Waals surface area (Å²) in [5.74, 6) is 0. The minimum atomic E-state index is -4.64. The van der Waals surface area contributed by atoms with E-state index in [1.807, 2.05) is 0 Å². The van der Waals surface area contributed by atoms with Crippen LogP contribution in [0.4, 0.5) is 29.3 Å². The van der Waals surface area contributed by atoms with Crippen molar-refractivity contribution in [3.05, 3.63) is 56.0 Å². The van der Waals surface area contributed by atoms with Crippen LogP contribution in [0.15, 0.2) is 30.3 Å². The van der Waals surface area contributed by atoms with Gasteiger partial charge in [0.1, 0.15) is 0 Å². The third-order valence-corrected chi connectivity index (χ3v) is 4.30. The van der Waals surface area contributed by atoms with Crippen LogP contribution < -0.4 is 10.6 Å². The molecule has 0 unspecified atom stereocenters. The smallest absolute Gasteiger partial charge is 0.308 e. The van der Waals surface area contributed by atoms with E-state index >= 15 is 0 Å². The molecule has 3 nitrogen and oxygen atoms in total. The van der Waals surface area contributed by atoms with E-state index in [0.29, 0.717) is 0 Å². The van der Waals surface area contributed by atoms with Crippen molar-refractivity contribution < 1.29 is 18.0 Å². The van der Waals surface area contributed by atoms with Gasteiger partial charge in [-0.05, 0) is 30.3 Å². The van der Waals surface area contributed by atoms with Gasteiger partial charge in [0, 0.05) is 11.4 Å². The van der Waals surface area contributed by atoms with E-state index in [2.05, 4.69) is 10.6 Å². The second kappa shape index (κ2) is 7.27. The lowest BCUT2D eigenvalue weighted by molar-refractivity contribution is -0.137. The van der Waals surface area contributed by atoms with Crippen LogP contribution in [0.2, 0.25) is 20.1 Å². The summed E-state index contributed by atoms with van der Waals surface area (Å²) in [4.78, 5) is 11.9. The monoisotopic (exact) mass is 416 g/mol. The van der Waals surface area contributed by atoms with Gasteiger partial charge in [-0.3, -0.25) is 0 Å². The third-order valence-electron chi connectivity index (χ3n) is 2.77. The predicted molar refractivity (Wildman–Crippen MR) is 90.6 cm³/mol. The molecule has 24 heavy (non-hydrogen) atoms. The number of carbonyl (C=O) groups is 1. The lowest BCUT2D eigenvalue weighted by Crippen LogP contribution is -2.20. The zero-order chi connectivity index (χ0) is 18.1. The van der Waals surface area contributed by atoms with Crippen LogP contribution in [0, 0.1) is 0 Å². The summed E-state index contributed by atoms with van der Waals surface area (Å²) in [6.45, 7) is 0. The lowest BCUT2D eigenvalue weighted by Gasteiger charge is -2.13.